The molecule has 2 heterocycles. The van der Waals surface area contributed by atoms with Crippen molar-refractivity contribution in [2.45, 2.75) is 13.0 Å². The molecular weight excluding hydrogens is 206 g/mol. The summed E-state index contributed by atoms with van der Waals surface area (Å²) in [5.74, 6) is 0. The van der Waals surface area contributed by atoms with Gasteiger partial charge in [0.25, 0.3) is 5.69 Å². The van der Waals surface area contributed by atoms with Crippen LogP contribution in [0.3, 0.4) is 0 Å². The predicted molar refractivity (Wildman–Crippen MR) is 60.4 cm³/mol. The van der Waals surface area contributed by atoms with Gasteiger partial charge in [-0.05, 0) is 24.6 Å². The van der Waals surface area contributed by atoms with Gasteiger partial charge in [0.1, 0.15) is 0 Å². The second-order valence-electron chi connectivity index (χ2n) is 4.00. The third kappa shape index (κ3) is 1.29. The molecule has 2 N–H and O–H groups in total. The van der Waals surface area contributed by atoms with Crippen molar-refractivity contribution < 1.29 is 4.92 Å². The van der Waals surface area contributed by atoms with Crippen LogP contribution >= 0.6 is 0 Å². The highest BCUT2D eigenvalue weighted by Gasteiger charge is 2.16. The average molecular weight is 217 g/mol. The standard InChI is InChI=1S/C11H11N3O2/c15-14(16)7-1-2-8-9-3-4-12-6-11(9)13-10(8)5-7/h1-2,5,12-13H,3-4,6H2. The van der Waals surface area contributed by atoms with E-state index in [1.165, 1.54) is 5.56 Å². The van der Waals surface area contributed by atoms with Gasteiger partial charge in [-0.3, -0.25) is 10.1 Å². The third-order valence-electron chi connectivity index (χ3n) is 3.04. The summed E-state index contributed by atoms with van der Waals surface area (Å²) < 4.78 is 0. The molecule has 1 aromatic carbocycles. The second kappa shape index (κ2) is 3.31. The average Bonchev–Trinajstić information content (AvgIpc) is 2.66. The molecule has 5 nitrogen and oxygen atoms in total. The van der Waals surface area contributed by atoms with Gasteiger partial charge in [-0.1, -0.05) is 0 Å². The first-order valence-electron chi connectivity index (χ1n) is 5.24. The Morgan fingerprint density at radius 3 is 3.06 bits per heavy atom. The summed E-state index contributed by atoms with van der Waals surface area (Å²) in [5, 5.41) is 15.1. The van der Waals surface area contributed by atoms with Crippen molar-refractivity contribution in [1.82, 2.24) is 10.3 Å². The predicted octanol–water partition coefficient (Wildman–Crippen LogP) is 1.72. The molecule has 1 aliphatic rings. The van der Waals surface area contributed by atoms with E-state index in [1.807, 2.05) is 6.07 Å². The minimum Gasteiger partial charge on any atom is -0.357 e. The molecule has 1 aliphatic heterocycles. The first kappa shape index (κ1) is 9.35. The SMILES string of the molecule is O=[N+]([O-])c1ccc2c3c([nH]c2c1)CNCC3. The van der Waals surface area contributed by atoms with Gasteiger partial charge in [0.15, 0.2) is 0 Å². The fourth-order valence-corrected chi connectivity index (χ4v) is 2.28. The Hall–Kier alpha value is -1.88. The van der Waals surface area contributed by atoms with Gasteiger partial charge in [0, 0.05) is 29.8 Å². The number of nitro benzene ring substituents is 1. The normalized spacial score (nSPS) is 15.0. The smallest absolute Gasteiger partial charge is 0.271 e. The number of non-ortho nitro benzene ring substituents is 1. The van der Waals surface area contributed by atoms with Crippen molar-refractivity contribution in [2.24, 2.45) is 0 Å². The van der Waals surface area contributed by atoms with Crippen LogP contribution in [0.2, 0.25) is 0 Å². The van der Waals surface area contributed by atoms with Crippen LogP contribution in [0.4, 0.5) is 5.69 Å². The minimum absolute atomic E-state index is 0.138. The van der Waals surface area contributed by atoms with Crippen LogP contribution in [0.1, 0.15) is 11.3 Å². The molecule has 1 aromatic heterocycles. The van der Waals surface area contributed by atoms with E-state index in [0.29, 0.717) is 0 Å². The lowest BCUT2D eigenvalue weighted by Gasteiger charge is -2.12. The Kier molecular flexibility index (Phi) is 1.94. The Balaban J connectivity index is 2.22. The molecule has 0 amide bonds. The van der Waals surface area contributed by atoms with E-state index < -0.39 is 0 Å². The number of hydrogen-bond acceptors (Lipinski definition) is 3. The van der Waals surface area contributed by atoms with Crippen LogP contribution in [-0.4, -0.2) is 16.5 Å². The van der Waals surface area contributed by atoms with E-state index in [2.05, 4.69) is 10.3 Å². The highest BCUT2D eigenvalue weighted by Crippen LogP contribution is 2.27. The number of rotatable bonds is 1. The maximum absolute atomic E-state index is 10.7. The van der Waals surface area contributed by atoms with E-state index in [1.54, 1.807) is 12.1 Å². The highest BCUT2D eigenvalue weighted by atomic mass is 16.6. The molecule has 0 atom stereocenters. The van der Waals surface area contributed by atoms with Gasteiger partial charge in [0.05, 0.1) is 10.4 Å². The fraction of sp³-hybridized carbons (Fsp3) is 0.273. The number of nitrogens with one attached hydrogen (secondary N) is 2. The number of fused-ring (bicyclic) bond motifs is 3. The molecule has 0 radical (unpaired) electrons. The fourth-order valence-electron chi connectivity index (χ4n) is 2.28. The summed E-state index contributed by atoms with van der Waals surface area (Å²) in [6, 6.07) is 5.01. The molecule has 0 aliphatic carbocycles. The molecule has 0 saturated heterocycles. The molecular formula is C11H11N3O2. The second-order valence-corrected chi connectivity index (χ2v) is 4.00. The van der Waals surface area contributed by atoms with Crippen LogP contribution in [0.25, 0.3) is 10.9 Å². The van der Waals surface area contributed by atoms with Crippen molar-refractivity contribution in [3.63, 3.8) is 0 Å². The maximum Gasteiger partial charge on any atom is 0.271 e. The first-order chi connectivity index (χ1) is 7.75. The molecule has 2 aromatic rings. The van der Waals surface area contributed by atoms with Gasteiger partial charge >= 0.3 is 0 Å². The van der Waals surface area contributed by atoms with Gasteiger partial charge in [-0.25, -0.2) is 0 Å². The van der Waals surface area contributed by atoms with Gasteiger partial charge in [0.2, 0.25) is 0 Å². The van der Waals surface area contributed by atoms with Crippen molar-refractivity contribution in [2.75, 3.05) is 6.54 Å². The summed E-state index contributed by atoms with van der Waals surface area (Å²) in [6.07, 6.45) is 0.979. The number of nitrogens with zero attached hydrogens (tertiary/aromatic N) is 1. The quantitative estimate of drug-likeness (QED) is 0.564. The summed E-state index contributed by atoms with van der Waals surface area (Å²) in [6.45, 7) is 1.79. The third-order valence-corrected chi connectivity index (χ3v) is 3.04. The summed E-state index contributed by atoms with van der Waals surface area (Å²) in [4.78, 5) is 13.5. The Labute approximate surface area is 91.6 Å². The zero-order valence-electron chi connectivity index (χ0n) is 8.62. The molecule has 0 fully saturated rings. The van der Waals surface area contributed by atoms with Gasteiger partial charge in [-0.2, -0.15) is 0 Å². The Bertz CT molecular complexity index is 574. The molecule has 0 saturated carbocycles. The van der Waals surface area contributed by atoms with E-state index >= 15 is 0 Å². The van der Waals surface area contributed by atoms with Crippen LogP contribution in [0.5, 0.6) is 0 Å². The minimum atomic E-state index is -0.364. The summed E-state index contributed by atoms with van der Waals surface area (Å²) in [5.41, 5.74) is 3.45. The van der Waals surface area contributed by atoms with Crippen LogP contribution in [0, 0.1) is 10.1 Å². The monoisotopic (exact) mass is 217 g/mol. The van der Waals surface area contributed by atoms with Crippen molar-refractivity contribution >= 4 is 16.6 Å². The van der Waals surface area contributed by atoms with Crippen molar-refractivity contribution in [3.8, 4) is 0 Å². The highest BCUT2D eigenvalue weighted by molar-refractivity contribution is 5.86. The Morgan fingerprint density at radius 1 is 1.38 bits per heavy atom. The molecule has 3 rings (SSSR count). The number of aromatic nitrogens is 1. The van der Waals surface area contributed by atoms with Crippen molar-refractivity contribution in [3.05, 3.63) is 39.6 Å². The van der Waals surface area contributed by atoms with Crippen LogP contribution in [0.15, 0.2) is 18.2 Å². The van der Waals surface area contributed by atoms with E-state index in [-0.39, 0.29) is 10.6 Å². The zero-order chi connectivity index (χ0) is 11.1. The number of benzene rings is 1. The number of hydrogen-bond donors (Lipinski definition) is 2. The summed E-state index contributed by atoms with van der Waals surface area (Å²) in [7, 11) is 0. The topological polar surface area (TPSA) is 71.0 Å². The molecule has 82 valence electrons. The van der Waals surface area contributed by atoms with Crippen LogP contribution in [-0.2, 0) is 13.0 Å². The number of aromatic amines is 1. The number of H-pyrrole nitrogens is 1. The van der Waals surface area contributed by atoms with Crippen LogP contribution < -0.4 is 5.32 Å². The first-order valence-corrected chi connectivity index (χ1v) is 5.24. The summed E-state index contributed by atoms with van der Waals surface area (Å²) >= 11 is 0. The van der Waals surface area contributed by atoms with Gasteiger partial charge in [-0.15, -0.1) is 0 Å². The van der Waals surface area contributed by atoms with Crippen molar-refractivity contribution in [1.29, 1.82) is 0 Å². The van der Waals surface area contributed by atoms with Gasteiger partial charge < -0.3 is 10.3 Å². The van der Waals surface area contributed by atoms with E-state index in [0.717, 1.165) is 36.1 Å². The molecule has 0 bridgehead atoms. The zero-order valence-corrected chi connectivity index (χ0v) is 8.62. The molecule has 0 unspecified atom stereocenters. The maximum atomic E-state index is 10.7. The molecule has 5 heteroatoms. The Morgan fingerprint density at radius 2 is 2.25 bits per heavy atom. The lowest BCUT2D eigenvalue weighted by Crippen LogP contribution is -2.22. The lowest BCUT2D eigenvalue weighted by molar-refractivity contribution is -0.384. The number of nitro groups is 1. The van der Waals surface area contributed by atoms with E-state index in [9.17, 15) is 10.1 Å². The van der Waals surface area contributed by atoms with E-state index in [4.69, 9.17) is 0 Å². The lowest BCUT2D eigenvalue weighted by atomic mass is 10.0. The largest absolute Gasteiger partial charge is 0.357 e. The molecule has 16 heavy (non-hydrogen) atoms. The molecule has 0 spiro atoms.